The van der Waals surface area contributed by atoms with Crippen LogP contribution >= 0.6 is 11.6 Å². The first-order valence-electron chi connectivity index (χ1n) is 15.8. The molecule has 2 aromatic carbocycles. The van der Waals surface area contributed by atoms with E-state index in [1.54, 1.807) is 12.1 Å². The number of carbonyl (C=O) groups is 1. The molecule has 2 bridgehead atoms. The molecule has 1 amide bonds. The lowest BCUT2D eigenvalue weighted by Gasteiger charge is -2.45. The van der Waals surface area contributed by atoms with E-state index >= 15 is 0 Å². The summed E-state index contributed by atoms with van der Waals surface area (Å²) in [5.41, 5.74) is 3.38. The van der Waals surface area contributed by atoms with E-state index in [-0.39, 0.29) is 23.2 Å². The van der Waals surface area contributed by atoms with Gasteiger partial charge in [0.2, 0.25) is 10.0 Å². The van der Waals surface area contributed by atoms with Gasteiger partial charge in [-0.15, -0.1) is 0 Å². The fourth-order valence-corrected chi connectivity index (χ4v) is 10.4. The van der Waals surface area contributed by atoms with Crippen LogP contribution in [0.5, 0.6) is 5.75 Å². The summed E-state index contributed by atoms with van der Waals surface area (Å²) in [7, 11) is -3.91. The smallest absolute Gasteiger partial charge is 0.264 e. The molecular weight excluding hydrogens is 584 g/mol. The molecule has 0 radical (unpaired) electrons. The van der Waals surface area contributed by atoms with E-state index in [0.717, 1.165) is 62.2 Å². The summed E-state index contributed by atoms with van der Waals surface area (Å²) in [6, 6.07) is 11.5. The highest BCUT2D eigenvalue weighted by Crippen LogP contribution is 2.47. The fourth-order valence-electron chi connectivity index (χ4n) is 8.22. The number of rotatable bonds is 1. The summed E-state index contributed by atoms with van der Waals surface area (Å²) in [5, 5.41) is 11.3. The molecule has 9 heteroatoms. The number of nitrogens with zero attached hydrogens (tertiary/aromatic N) is 1. The summed E-state index contributed by atoms with van der Waals surface area (Å²) in [6.07, 6.45) is 10.4. The SMILES string of the molecule is C[C@H]1C/C=C/[C@H](O)[C@@H]2CC[C@H]2CN2C[C@@]3(CCCc4cc(Cl)ccc43)COc3ccc(cc32)C(=O)NS(=O)(=O)[C@H]1C1CC1. The minimum Gasteiger partial charge on any atom is -0.490 e. The first kappa shape index (κ1) is 29.2. The van der Waals surface area contributed by atoms with Gasteiger partial charge in [-0.3, -0.25) is 4.79 Å². The monoisotopic (exact) mass is 624 g/mol. The van der Waals surface area contributed by atoms with E-state index < -0.39 is 27.3 Å². The van der Waals surface area contributed by atoms with Gasteiger partial charge in [0.05, 0.1) is 23.6 Å². The molecule has 43 heavy (non-hydrogen) atoms. The van der Waals surface area contributed by atoms with E-state index in [1.165, 1.54) is 11.1 Å². The maximum absolute atomic E-state index is 13.6. The van der Waals surface area contributed by atoms with Crippen LogP contribution in [0.3, 0.4) is 0 Å². The van der Waals surface area contributed by atoms with Crippen molar-refractivity contribution < 1.29 is 23.1 Å². The number of nitrogens with one attached hydrogen (secondary N) is 1. The normalized spacial score (nSPS) is 34.5. The van der Waals surface area contributed by atoms with Crippen molar-refractivity contribution >= 4 is 33.2 Å². The van der Waals surface area contributed by atoms with Gasteiger partial charge in [-0.2, -0.15) is 0 Å². The molecule has 230 valence electrons. The Morgan fingerprint density at radius 1 is 1.09 bits per heavy atom. The van der Waals surface area contributed by atoms with Crippen molar-refractivity contribution in [3.05, 3.63) is 70.3 Å². The van der Waals surface area contributed by atoms with Gasteiger partial charge >= 0.3 is 0 Å². The van der Waals surface area contributed by atoms with Gasteiger partial charge in [0.1, 0.15) is 5.75 Å². The number of hydrogen-bond donors (Lipinski definition) is 2. The predicted octanol–water partition coefficient (Wildman–Crippen LogP) is 5.63. The minimum absolute atomic E-state index is 0.0499. The van der Waals surface area contributed by atoms with Crippen LogP contribution in [0.1, 0.15) is 73.4 Å². The number of aryl methyl sites for hydroxylation is 1. The summed E-state index contributed by atoms with van der Waals surface area (Å²) < 4.78 is 36.2. The predicted molar refractivity (Wildman–Crippen MR) is 168 cm³/mol. The molecular formula is C34H41ClN2O5S. The molecule has 2 aromatic rings. The number of aliphatic hydroxyl groups excluding tert-OH is 1. The van der Waals surface area contributed by atoms with Gasteiger partial charge in [0.15, 0.2) is 0 Å². The number of aliphatic hydroxyl groups is 1. The van der Waals surface area contributed by atoms with Gasteiger partial charge in [-0.05, 0) is 116 Å². The Hall–Kier alpha value is -2.55. The molecule has 2 N–H and O–H groups in total. The third kappa shape index (κ3) is 5.48. The van der Waals surface area contributed by atoms with Crippen LogP contribution in [0.25, 0.3) is 0 Å². The minimum atomic E-state index is -3.91. The van der Waals surface area contributed by atoms with Gasteiger partial charge in [-0.1, -0.05) is 36.7 Å². The third-order valence-corrected chi connectivity index (χ3v) is 13.0. The molecule has 1 spiro atoms. The molecule has 7 rings (SSSR count). The second-order valence-electron chi connectivity index (χ2n) is 13.7. The summed E-state index contributed by atoms with van der Waals surface area (Å²) in [4.78, 5) is 15.9. The molecule has 7 nitrogen and oxygen atoms in total. The number of anilines is 1. The maximum atomic E-state index is 13.6. The zero-order chi connectivity index (χ0) is 29.9. The maximum Gasteiger partial charge on any atom is 0.264 e. The lowest BCUT2D eigenvalue weighted by molar-refractivity contribution is 0.0455. The molecule has 2 aliphatic heterocycles. The molecule has 0 aromatic heterocycles. The average molecular weight is 625 g/mol. The number of sulfonamides is 1. The largest absolute Gasteiger partial charge is 0.490 e. The number of carbonyl (C=O) groups excluding carboxylic acids is 1. The number of benzene rings is 2. The van der Waals surface area contributed by atoms with Crippen LogP contribution in [0.15, 0.2) is 48.6 Å². The molecule has 0 saturated heterocycles. The summed E-state index contributed by atoms with van der Waals surface area (Å²) in [6.45, 7) is 3.86. The molecule has 5 aliphatic rings. The Morgan fingerprint density at radius 2 is 1.91 bits per heavy atom. The number of allylic oxidation sites excluding steroid dienone is 1. The van der Waals surface area contributed by atoms with Crippen LogP contribution in [-0.2, 0) is 21.9 Å². The molecule has 6 atom stereocenters. The summed E-state index contributed by atoms with van der Waals surface area (Å²) in [5.74, 6) is 0.393. The summed E-state index contributed by atoms with van der Waals surface area (Å²) >= 11 is 6.40. The van der Waals surface area contributed by atoms with Gasteiger partial charge in [0.25, 0.3) is 5.91 Å². The highest BCUT2D eigenvalue weighted by atomic mass is 35.5. The van der Waals surface area contributed by atoms with E-state index in [0.29, 0.717) is 36.8 Å². The Bertz CT molecular complexity index is 1560. The standard InChI is InChI=1S/C34H41ClN2O5S/c1-21-4-2-6-30(38)27-12-9-25(27)18-37-19-34(15-3-5-23-16-26(35)11-13-28(23)34)20-42-31-14-10-24(17-29(31)37)33(39)36-43(40,41)32(21)22-7-8-22/h2,6,10-11,13-14,16-17,21-22,25,27,30,32,38H,3-5,7-9,12,15,18-20H2,1H3,(H,36,39)/b6-2+/t21-,25-,27+,30-,32+,34-/m0/s1. The second-order valence-corrected chi connectivity index (χ2v) is 16.0. The second kappa shape index (κ2) is 11.1. The average Bonchev–Trinajstić information content (AvgIpc) is 3.78. The molecule has 0 unspecified atom stereocenters. The number of halogens is 1. The zero-order valence-corrected chi connectivity index (χ0v) is 26.2. The highest BCUT2D eigenvalue weighted by molar-refractivity contribution is 7.90. The van der Waals surface area contributed by atoms with E-state index in [9.17, 15) is 18.3 Å². The Morgan fingerprint density at radius 3 is 2.67 bits per heavy atom. The van der Waals surface area contributed by atoms with E-state index in [2.05, 4.69) is 21.8 Å². The van der Waals surface area contributed by atoms with Crippen LogP contribution in [0, 0.1) is 23.7 Å². The quantitative estimate of drug-likeness (QED) is 0.399. The highest BCUT2D eigenvalue weighted by Gasteiger charge is 2.46. The lowest BCUT2D eigenvalue weighted by Crippen LogP contribution is -2.49. The first-order chi connectivity index (χ1) is 20.6. The van der Waals surface area contributed by atoms with Crippen molar-refractivity contribution in [3.8, 4) is 5.75 Å². The van der Waals surface area contributed by atoms with E-state index in [4.69, 9.17) is 16.3 Å². The van der Waals surface area contributed by atoms with Gasteiger partial charge < -0.3 is 14.7 Å². The molecule has 3 aliphatic carbocycles. The van der Waals surface area contributed by atoms with Crippen molar-refractivity contribution in [2.75, 3.05) is 24.6 Å². The third-order valence-electron chi connectivity index (χ3n) is 10.8. The van der Waals surface area contributed by atoms with Crippen molar-refractivity contribution in [1.82, 2.24) is 4.72 Å². The number of fused-ring (bicyclic) bond motifs is 4. The van der Waals surface area contributed by atoms with Crippen LogP contribution < -0.4 is 14.4 Å². The Labute approximate surface area is 259 Å². The first-order valence-corrected chi connectivity index (χ1v) is 17.8. The van der Waals surface area contributed by atoms with Crippen molar-refractivity contribution in [2.45, 2.75) is 75.1 Å². The molecule has 2 saturated carbocycles. The van der Waals surface area contributed by atoms with Crippen molar-refractivity contribution in [1.29, 1.82) is 0 Å². The Balaban J connectivity index is 1.29. The Kier molecular flexibility index (Phi) is 7.54. The zero-order valence-electron chi connectivity index (χ0n) is 24.7. The lowest BCUT2D eigenvalue weighted by atomic mass is 9.68. The van der Waals surface area contributed by atoms with Gasteiger partial charge in [-0.25, -0.2) is 13.1 Å². The topological polar surface area (TPSA) is 95.9 Å². The van der Waals surface area contributed by atoms with Crippen molar-refractivity contribution in [3.63, 3.8) is 0 Å². The molecule has 2 fully saturated rings. The van der Waals surface area contributed by atoms with Crippen LogP contribution in [0.4, 0.5) is 5.69 Å². The van der Waals surface area contributed by atoms with Crippen LogP contribution in [0.2, 0.25) is 5.02 Å². The number of amides is 1. The number of hydrogen-bond acceptors (Lipinski definition) is 6. The van der Waals surface area contributed by atoms with Crippen molar-refractivity contribution in [2.24, 2.45) is 23.7 Å². The number of ether oxygens (including phenoxy) is 1. The molecule has 2 heterocycles. The van der Waals surface area contributed by atoms with E-state index in [1.807, 2.05) is 31.2 Å². The van der Waals surface area contributed by atoms with Gasteiger partial charge in [0, 0.05) is 29.1 Å². The fraction of sp³-hybridized carbons (Fsp3) is 0.559. The van der Waals surface area contributed by atoms with Crippen LogP contribution in [-0.4, -0.2) is 50.5 Å².